The lowest BCUT2D eigenvalue weighted by Gasteiger charge is -2.17. The van der Waals surface area contributed by atoms with Crippen LogP contribution >= 0.6 is 0 Å². The first-order chi connectivity index (χ1) is 5.79. The molecule has 1 aliphatic rings. The van der Waals surface area contributed by atoms with Crippen LogP contribution in [0.25, 0.3) is 0 Å². The van der Waals surface area contributed by atoms with E-state index in [4.69, 9.17) is 5.73 Å². The van der Waals surface area contributed by atoms with Gasteiger partial charge >= 0.3 is 0 Å². The molecule has 0 radical (unpaired) electrons. The molecule has 0 amide bonds. The number of hydrogen-bond donors (Lipinski definition) is 1. The number of nitrogens with zero attached hydrogens (tertiary/aromatic N) is 1. The van der Waals surface area contributed by atoms with Gasteiger partial charge in [-0.2, -0.15) is 0 Å². The first-order valence-corrected chi connectivity index (χ1v) is 4.20. The standard InChI is InChI=1S/C10H12N2/c1-7-5-6-12-10-8(7)3-2-4-9(10)11/h2-4,6-7H,5,11H2,1H3. The molecule has 2 nitrogen and oxygen atoms in total. The van der Waals surface area contributed by atoms with Gasteiger partial charge in [0.15, 0.2) is 0 Å². The number of benzene rings is 1. The molecule has 1 unspecified atom stereocenters. The molecule has 12 heavy (non-hydrogen) atoms. The molecular weight excluding hydrogens is 148 g/mol. The number of rotatable bonds is 0. The van der Waals surface area contributed by atoms with E-state index in [0.29, 0.717) is 5.92 Å². The Bertz CT molecular complexity index is 329. The second-order valence-corrected chi connectivity index (χ2v) is 3.23. The number of nitrogen functional groups attached to an aromatic ring is 1. The summed E-state index contributed by atoms with van der Waals surface area (Å²) in [6.07, 6.45) is 2.97. The van der Waals surface area contributed by atoms with E-state index in [1.54, 1.807) is 0 Å². The predicted molar refractivity (Wildman–Crippen MR) is 52.0 cm³/mol. The van der Waals surface area contributed by atoms with Gasteiger partial charge in [-0.15, -0.1) is 0 Å². The average Bonchev–Trinajstić information content (AvgIpc) is 2.07. The topological polar surface area (TPSA) is 38.4 Å². The van der Waals surface area contributed by atoms with Gasteiger partial charge < -0.3 is 5.73 Å². The summed E-state index contributed by atoms with van der Waals surface area (Å²) in [5.41, 5.74) is 8.82. The van der Waals surface area contributed by atoms with E-state index in [1.165, 1.54) is 5.56 Å². The second kappa shape index (κ2) is 2.63. The Labute approximate surface area is 72.1 Å². The first-order valence-electron chi connectivity index (χ1n) is 4.20. The number of anilines is 1. The van der Waals surface area contributed by atoms with Crippen LogP contribution in [0.4, 0.5) is 11.4 Å². The minimum Gasteiger partial charge on any atom is -0.397 e. The number of aliphatic imine (C=N–C) groups is 1. The van der Waals surface area contributed by atoms with Crippen LogP contribution in [0, 0.1) is 0 Å². The van der Waals surface area contributed by atoms with Crippen molar-refractivity contribution in [2.45, 2.75) is 19.3 Å². The molecule has 0 aliphatic carbocycles. The summed E-state index contributed by atoms with van der Waals surface area (Å²) in [4.78, 5) is 4.29. The van der Waals surface area contributed by atoms with Crippen LogP contribution in [0.1, 0.15) is 24.8 Å². The summed E-state index contributed by atoms with van der Waals surface area (Å²) in [6, 6.07) is 5.99. The Morgan fingerprint density at radius 1 is 1.50 bits per heavy atom. The van der Waals surface area contributed by atoms with Crippen LogP contribution in [0.15, 0.2) is 23.2 Å². The fourth-order valence-corrected chi connectivity index (χ4v) is 1.56. The number of hydrogen-bond acceptors (Lipinski definition) is 2. The summed E-state index contributed by atoms with van der Waals surface area (Å²) in [6.45, 7) is 2.20. The maximum atomic E-state index is 5.79. The Hall–Kier alpha value is -1.31. The zero-order valence-corrected chi connectivity index (χ0v) is 7.12. The summed E-state index contributed by atoms with van der Waals surface area (Å²) in [5.74, 6) is 0.556. The van der Waals surface area contributed by atoms with Crippen molar-refractivity contribution in [1.29, 1.82) is 0 Å². The molecule has 1 aromatic carbocycles. The van der Waals surface area contributed by atoms with E-state index in [1.807, 2.05) is 18.3 Å². The SMILES string of the molecule is CC1CC=Nc2c(N)cccc21. The number of para-hydroxylation sites is 1. The summed E-state index contributed by atoms with van der Waals surface area (Å²) >= 11 is 0. The molecule has 1 aliphatic heterocycles. The minimum atomic E-state index is 0.556. The number of fused-ring (bicyclic) bond motifs is 1. The van der Waals surface area contributed by atoms with Crippen molar-refractivity contribution in [2.75, 3.05) is 5.73 Å². The van der Waals surface area contributed by atoms with Crippen LogP contribution in [0.3, 0.4) is 0 Å². The quantitative estimate of drug-likeness (QED) is 0.582. The van der Waals surface area contributed by atoms with Gasteiger partial charge in [-0.25, -0.2) is 0 Å². The molecule has 2 rings (SSSR count). The minimum absolute atomic E-state index is 0.556. The third-order valence-corrected chi connectivity index (χ3v) is 2.31. The molecule has 0 aromatic heterocycles. The Balaban J connectivity index is 2.61. The van der Waals surface area contributed by atoms with Crippen molar-refractivity contribution in [3.05, 3.63) is 23.8 Å². The molecular formula is C10H12N2. The molecule has 0 saturated carbocycles. The van der Waals surface area contributed by atoms with Crippen LogP contribution in [-0.4, -0.2) is 6.21 Å². The molecule has 62 valence electrons. The molecule has 1 aromatic rings. The summed E-state index contributed by atoms with van der Waals surface area (Å²) < 4.78 is 0. The van der Waals surface area contributed by atoms with E-state index in [0.717, 1.165) is 17.8 Å². The van der Waals surface area contributed by atoms with Gasteiger partial charge in [0, 0.05) is 6.21 Å². The van der Waals surface area contributed by atoms with Gasteiger partial charge in [0.1, 0.15) is 0 Å². The Morgan fingerprint density at radius 2 is 2.33 bits per heavy atom. The van der Waals surface area contributed by atoms with Gasteiger partial charge in [-0.05, 0) is 24.0 Å². The van der Waals surface area contributed by atoms with Crippen molar-refractivity contribution >= 4 is 17.6 Å². The zero-order chi connectivity index (χ0) is 8.55. The van der Waals surface area contributed by atoms with Crippen molar-refractivity contribution in [3.8, 4) is 0 Å². The lowest BCUT2D eigenvalue weighted by Crippen LogP contribution is -2.01. The highest BCUT2D eigenvalue weighted by atomic mass is 14.8. The van der Waals surface area contributed by atoms with Crippen molar-refractivity contribution in [1.82, 2.24) is 0 Å². The number of nitrogens with two attached hydrogens (primary N) is 1. The monoisotopic (exact) mass is 160 g/mol. The van der Waals surface area contributed by atoms with E-state index >= 15 is 0 Å². The van der Waals surface area contributed by atoms with E-state index in [-0.39, 0.29) is 0 Å². The highest BCUT2D eigenvalue weighted by Crippen LogP contribution is 2.36. The van der Waals surface area contributed by atoms with Crippen LogP contribution in [0.2, 0.25) is 0 Å². The first kappa shape index (κ1) is 7.35. The van der Waals surface area contributed by atoms with E-state index in [2.05, 4.69) is 18.0 Å². The molecule has 2 N–H and O–H groups in total. The predicted octanol–water partition coefficient (Wildman–Crippen LogP) is 2.48. The highest BCUT2D eigenvalue weighted by Gasteiger charge is 2.14. The molecule has 0 saturated heterocycles. The van der Waals surface area contributed by atoms with E-state index < -0.39 is 0 Å². The molecule has 1 heterocycles. The normalized spacial score (nSPS) is 20.6. The van der Waals surface area contributed by atoms with Crippen molar-refractivity contribution in [2.24, 2.45) is 4.99 Å². The van der Waals surface area contributed by atoms with Gasteiger partial charge in [0.05, 0.1) is 11.4 Å². The Morgan fingerprint density at radius 3 is 3.08 bits per heavy atom. The third-order valence-electron chi connectivity index (χ3n) is 2.31. The maximum Gasteiger partial charge on any atom is 0.0889 e. The van der Waals surface area contributed by atoms with Crippen LogP contribution in [-0.2, 0) is 0 Å². The maximum absolute atomic E-state index is 5.79. The van der Waals surface area contributed by atoms with Crippen LogP contribution in [0.5, 0.6) is 0 Å². The smallest absolute Gasteiger partial charge is 0.0889 e. The van der Waals surface area contributed by atoms with Gasteiger partial charge in [-0.3, -0.25) is 4.99 Å². The van der Waals surface area contributed by atoms with Gasteiger partial charge in [-0.1, -0.05) is 19.1 Å². The van der Waals surface area contributed by atoms with Crippen LogP contribution < -0.4 is 5.73 Å². The molecule has 0 fully saturated rings. The fraction of sp³-hybridized carbons (Fsp3) is 0.300. The molecule has 2 heteroatoms. The largest absolute Gasteiger partial charge is 0.397 e. The van der Waals surface area contributed by atoms with Crippen molar-refractivity contribution in [3.63, 3.8) is 0 Å². The second-order valence-electron chi connectivity index (χ2n) is 3.23. The van der Waals surface area contributed by atoms with Crippen molar-refractivity contribution < 1.29 is 0 Å². The highest BCUT2D eigenvalue weighted by molar-refractivity contribution is 5.77. The van der Waals surface area contributed by atoms with Gasteiger partial charge in [0.25, 0.3) is 0 Å². The lowest BCUT2D eigenvalue weighted by molar-refractivity contribution is 0.802. The summed E-state index contributed by atoms with van der Waals surface area (Å²) in [5, 5.41) is 0. The van der Waals surface area contributed by atoms with E-state index in [9.17, 15) is 0 Å². The molecule has 0 spiro atoms. The third kappa shape index (κ3) is 0.998. The zero-order valence-electron chi connectivity index (χ0n) is 7.12. The fourth-order valence-electron chi connectivity index (χ4n) is 1.56. The molecule has 1 atom stereocenters. The summed E-state index contributed by atoms with van der Waals surface area (Å²) in [7, 11) is 0. The lowest BCUT2D eigenvalue weighted by atomic mass is 9.94. The average molecular weight is 160 g/mol. The Kier molecular flexibility index (Phi) is 1.61. The van der Waals surface area contributed by atoms with Gasteiger partial charge in [0.2, 0.25) is 0 Å². The molecule has 0 bridgehead atoms.